The number of hydrogen-bond donors (Lipinski definition) is 2. The van der Waals surface area contributed by atoms with Crippen LogP contribution in [0.4, 0.5) is 0 Å². The molecule has 0 heterocycles. The van der Waals surface area contributed by atoms with Crippen LogP contribution in [0.2, 0.25) is 0 Å². The average Bonchev–Trinajstić information content (AvgIpc) is 1.99. The summed E-state index contributed by atoms with van der Waals surface area (Å²) in [6.07, 6.45) is 0. The van der Waals surface area contributed by atoms with Gasteiger partial charge in [-0.05, 0) is 24.0 Å². The molecular formula is C11H17O3P. The molecule has 0 unspecified atom stereocenters. The van der Waals surface area contributed by atoms with E-state index in [0.717, 1.165) is 11.1 Å². The molecule has 0 fully saturated rings. The maximum Gasteiger partial charge on any atom is 0.391 e. The topological polar surface area (TPSA) is 49.7 Å². The predicted octanol–water partition coefficient (Wildman–Crippen LogP) is 2.88. The van der Waals surface area contributed by atoms with Gasteiger partial charge in [0.05, 0.1) is 0 Å². The minimum Gasteiger partial charge on any atom is -0.427 e. The summed E-state index contributed by atoms with van der Waals surface area (Å²) in [7, 11) is -2.35. The lowest BCUT2D eigenvalue weighted by molar-refractivity contribution is 0.369. The van der Waals surface area contributed by atoms with E-state index in [-0.39, 0.29) is 5.41 Å². The molecule has 0 saturated carbocycles. The lowest BCUT2D eigenvalue weighted by Gasteiger charge is -2.24. The average molecular weight is 228 g/mol. The highest BCUT2D eigenvalue weighted by molar-refractivity contribution is 7.39. The van der Waals surface area contributed by atoms with Gasteiger partial charge in [0.15, 0.2) is 0 Å². The first-order valence-electron chi connectivity index (χ1n) is 4.78. The van der Waals surface area contributed by atoms with E-state index in [9.17, 15) is 0 Å². The number of aryl methyl sites for hydroxylation is 1. The molecule has 0 aliphatic heterocycles. The Morgan fingerprint density at radius 1 is 1.20 bits per heavy atom. The molecule has 0 radical (unpaired) electrons. The van der Waals surface area contributed by atoms with E-state index in [2.05, 4.69) is 20.8 Å². The van der Waals surface area contributed by atoms with Crippen LogP contribution in [-0.2, 0) is 5.41 Å². The molecule has 0 aromatic heterocycles. The van der Waals surface area contributed by atoms with E-state index in [4.69, 9.17) is 14.3 Å². The number of benzene rings is 1. The summed E-state index contributed by atoms with van der Waals surface area (Å²) in [4.78, 5) is 17.8. The molecule has 0 atom stereocenters. The summed E-state index contributed by atoms with van der Waals surface area (Å²) in [6.45, 7) is 8.20. The predicted molar refractivity (Wildman–Crippen MR) is 61.9 cm³/mol. The molecule has 0 bridgehead atoms. The van der Waals surface area contributed by atoms with Crippen molar-refractivity contribution < 1.29 is 14.3 Å². The number of hydrogen-bond acceptors (Lipinski definition) is 3. The Kier molecular flexibility index (Phi) is 3.72. The van der Waals surface area contributed by atoms with Gasteiger partial charge in [-0.15, -0.1) is 0 Å². The van der Waals surface area contributed by atoms with E-state index in [1.54, 1.807) is 6.07 Å². The van der Waals surface area contributed by atoms with E-state index in [0.29, 0.717) is 5.75 Å². The minimum absolute atomic E-state index is 0.0774. The van der Waals surface area contributed by atoms with Gasteiger partial charge in [0.2, 0.25) is 0 Å². The van der Waals surface area contributed by atoms with Crippen LogP contribution >= 0.6 is 8.60 Å². The second kappa shape index (κ2) is 4.48. The van der Waals surface area contributed by atoms with Crippen LogP contribution in [0.15, 0.2) is 18.2 Å². The third-order valence-corrected chi connectivity index (χ3v) is 2.52. The Balaban J connectivity index is 3.21. The SMILES string of the molecule is Cc1cccc(OP(O)O)c1C(C)(C)C. The van der Waals surface area contributed by atoms with Gasteiger partial charge in [-0.2, -0.15) is 0 Å². The van der Waals surface area contributed by atoms with E-state index < -0.39 is 8.60 Å². The first kappa shape index (κ1) is 12.4. The lowest BCUT2D eigenvalue weighted by Crippen LogP contribution is -2.14. The highest BCUT2D eigenvalue weighted by Crippen LogP contribution is 2.39. The van der Waals surface area contributed by atoms with Gasteiger partial charge in [-0.1, -0.05) is 32.9 Å². The maximum atomic E-state index is 8.89. The smallest absolute Gasteiger partial charge is 0.391 e. The van der Waals surface area contributed by atoms with Gasteiger partial charge in [-0.25, -0.2) is 0 Å². The molecule has 1 rings (SSSR count). The minimum atomic E-state index is -2.35. The standard InChI is InChI=1S/C11H17O3P/c1-8-6-5-7-9(14-15(12)13)10(8)11(2,3)4/h5-7,12-13H,1-4H3. The van der Waals surface area contributed by atoms with Gasteiger partial charge in [-0.3, -0.25) is 0 Å². The van der Waals surface area contributed by atoms with Crippen molar-refractivity contribution in [2.75, 3.05) is 0 Å². The number of rotatable bonds is 2. The fraction of sp³-hybridized carbons (Fsp3) is 0.455. The lowest BCUT2D eigenvalue weighted by atomic mass is 9.83. The second-order valence-corrected chi connectivity index (χ2v) is 5.23. The Morgan fingerprint density at radius 3 is 2.27 bits per heavy atom. The normalized spacial score (nSPS) is 11.9. The zero-order valence-corrected chi connectivity index (χ0v) is 10.4. The fourth-order valence-electron chi connectivity index (χ4n) is 1.77. The Morgan fingerprint density at radius 2 is 1.80 bits per heavy atom. The molecular weight excluding hydrogens is 211 g/mol. The summed E-state index contributed by atoms with van der Waals surface area (Å²) in [6, 6.07) is 5.60. The molecule has 1 aromatic carbocycles. The van der Waals surface area contributed by atoms with Gasteiger partial charge in [0.25, 0.3) is 0 Å². The first-order chi connectivity index (χ1) is 6.82. The van der Waals surface area contributed by atoms with Crippen molar-refractivity contribution >= 4 is 8.60 Å². The molecule has 0 amide bonds. The molecule has 1 aromatic rings. The zero-order chi connectivity index (χ0) is 11.6. The first-order valence-corrected chi connectivity index (χ1v) is 5.95. The highest BCUT2D eigenvalue weighted by atomic mass is 31.2. The molecule has 0 aliphatic rings. The molecule has 4 heteroatoms. The quantitative estimate of drug-likeness (QED) is 0.765. The Labute approximate surface area is 91.7 Å². The van der Waals surface area contributed by atoms with Gasteiger partial charge >= 0.3 is 8.60 Å². The molecule has 0 aliphatic carbocycles. The van der Waals surface area contributed by atoms with Gasteiger partial charge in [0, 0.05) is 5.56 Å². The van der Waals surface area contributed by atoms with E-state index in [1.165, 1.54) is 0 Å². The van der Waals surface area contributed by atoms with Crippen molar-refractivity contribution in [3.63, 3.8) is 0 Å². The third kappa shape index (κ3) is 3.16. The van der Waals surface area contributed by atoms with Crippen LogP contribution in [0.25, 0.3) is 0 Å². The second-order valence-electron chi connectivity index (χ2n) is 4.54. The fourth-order valence-corrected chi connectivity index (χ4v) is 2.09. The van der Waals surface area contributed by atoms with Crippen molar-refractivity contribution in [1.82, 2.24) is 0 Å². The highest BCUT2D eigenvalue weighted by Gasteiger charge is 2.22. The molecule has 0 saturated heterocycles. The van der Waals surface area contributed by atoms with Crippen molar-refractivity contribution in [3.8, 4) is 5.75 Å². The summed E-state index contributed by atoms with van der Waals surface area (Å²) >= 11 is 0. The Hall–Kier alpha value is -0.630. The zero-order valence-electron chi connectivity index (χ0n) is 9.48. The summed E-state index contributed by atoms with van der Waals surface area (Å²) in [5.41, 5.74) is 2.03. The monoisotopic (exact) mass is 228 g/mol. The van der Waals surface area contributed by atoms with Gasteiger partial charge < -0.3 is 14.3 Å². The summed E-state index contributed by atoms with van der Waals surface area (Å²) < 4.78 is 5.03. The van der Waals surface area contributed by atoms with E-state index >= 15 is 0 Å². The van der Waals surface area contributed by atoms with Gasteiger partial charge in [0.1, 0.15) is 5.75 Å². The molecule has 3 nitrogen and oxygen atoms in total. The van der Waals surface area contributed by atoms with Crippen molar-refractivity contribution in [3.05, 3.63) is 29.3 Å². The van der Waals surface area contributed by atoms with E-state index in [1.807, 2.05) is 19.1 Å². The van der Waals surface area contributed by atoms with Crippen LogP contribution in [0.1, 0.15) is 31.9 Å². The van der Waals surface area contributed by atoms with Crippen LogP contribution in [-0.4, -0.2) is 9.79 Å². The largest absolute Gasteiger partial charge is 0.427 e. The van der Waals surface area contributed by atoms with Crippen LogP contribution < -0.4 is 4.52 Å². The summed E-state index contributed by atoms with van der Waals surface area (Å²) in [5.74, 6) is 0.554. The van der Waals surface area contributed by atoms with Crippen LogP contribution in [0.5, 0.6) is 5.75 Å². The van der Waals surface area contributed by atoms with Crippen LogP contribution in [0.3, 0.4) is 0 Å². The van der Waals surface area contributed by atoms with Crippen molar-refractivity contribution in [2.45, 2.75) is 33.1 Å². The maximum absolute atomic E-state index is 8.89. The molecule has 15 heavy (non-hydrogen) atoms. The van der Waals surface area contributed by atoms with Crippen LogP contribution in [0, 0.1) is 6.92 Å². The molecule has 2 N–H and O–H groups in total. The summed E-state index contributed by atoms with van der Waals surface area (Å²) in [5, 5.41) is 0. The third-order valence-electron chi connectivity index (χ3n) is 2.16. The molecule has 84 valence electrons. The molecule has 0 spiro atoms. The van der Waals surface area contributed by atoms with Crippen molar-refractivity contribution in [1.29, 1.82) is 0 Å². The van der Waals surface area contributed by atoms with Crippen molar-refractivity contribution in [2.24, 2.45) is 0 Å². The Bertz CT molecular complexity index is 342.